The predicted octanol–water partition coefficient (Wildman–Crippen LogP) is 1.14. The van der Waals surface area contributed by atoms with E-state index in [0.717, 1.165) is 0 Å². The van der Waals surface area contributed by atoms with Crippen molar-refractivity contribution >= 4 is 17.4 Å². The topological polar surface area (TPSA) is 47.0 Å². The summed E-state index contributed by atoms with van der Waals surface area (Å²) in [6.07, 6.45) is 3.17. The fraction of sp³-hybridized carbons (Fsp3) is 0.429. The number of alkyl halides is 1. The zero-order valence-electron chi connectivity index (χ0n) is 6.75. The molecule has 0 saturated heterocycles. The summed E-state index contributed by atoms with van der Waals surface area (Å²) in [5.41, 5.74) is 0. The van der Waals surface area contributed by atoms with Crippen molar-refractivity contribution in [3.05, 3.63) is 12.4 Å². The highest BCUT2D eigenvalue weighted by Gasteiger charge is 1.95. The zero-order valence-corrected chi connectivity index (χ0v) is 7.51. The summed E-state index contributed by atoms with van der Waals surface area (Å²) in [7, 11) is 1.55. The molecule has 0 aliphatic heterocycles. The van der Waals surface area contributed by atoms with Crippen molar-refractivity contribution in [2.24, 2.45) is 0 Å². The highest BCUT2D eigenvalue weighted by molar-refractivity contribution is 6.18. The van der Waals surface area contributed by atoms with E-state index in [2.05, 4.69) is 15.3 Å². The first-order valence-electron chi connectivity index (χ1n) is 3.52. The van der Waals surface area contributed by atoms with Crippen molar-refractivity contribution < 1.29 is 4.74 Å². The minimum atomic E-state index is 0.495. The molecule has 0 aliphatic rings. The third-order valence-corrected chi connectivity index (χ3v) is 1.41. The molecule has 1 N–H and O–H groups in total. The Morgan fingerprint density at radius 2 is 2.42 bits per heavy atom. The van der Waals surface area contributed by atoms with E-state index < -0.39 is 0 Å². The SMILES string of the molecule is COc1cncc(NCCCl)n1. The van der Waals surface area contributed by atoms with Gasteiger partial charge >= 0.3 is 0 Å². The van der Waals surface area contributed by atoms with Gasteiger partial charge < -0.3 is 10.1 Å². The minimum Gasteiger partial charge on any atom is -0.480 e. The number of hydrogen-bond donors (Lipinski definition) is 1. The Morgan fingerprint density at radius 1 is 1.58 bits per heavy atom. The van der Waals surface area contributed by atoms with Crippen LogP contribution >= 0.6 is 11.6 Å². The van der Waals surface area contributed by atoms with Crippen molar-refractivity contribution in [1.29, 1.82) is 0 Å². The molecule has 66 valence electrons. The standard InChI is InChI=1S/C7H10ClN3O/c1-12-7-5-9-4-6(11-7)10-3-2-8/h4-5H,2-3H2,1H3,(H,10,11). The molecule has 0 aliphatic carbocycles. The van der Waals surface area contributed by atoms with E-state index in [9.17, 15) is 0 Å². The van der Waals surface area contributed by atoms with E-state index in [-0.39, 0.29) is 0 Å². The quantitative estimate of drug-likeness (QED) is 0.719. The van der Waals surface area contributed by atoms with Crippen LogP contribution in [-0.2, 0) is 0 Å². The molecule has 1 heterocycles. The molecule has 0 spiro atoms. The third-order valence-electron chi connectivity index (χ3n) is 1.22. The number of aromatic nitrogens is 2. The number of hydrogen-bond acceptors (Lipinski definition) is 4. The molecule has 0 bridgehead atoms. The Balaban J connectivity index is 2.60. The number of halogens is 1. The Morgan fingerprint density at radius 3 is 3.08 bits per heavy atom. The molecule has 0 unspecified atom stereocenters. The van der Waals surface area contributed by atoms with Gasteiger partial charge in [-0.1, -0.05) is 0 Å². The summed E-state index contributed by atoms with van der Waals surface area (Å²) in [4.78, 5) is 7.99. The number of ether oxygens (including phenoxy) is 1. The molecule has 4 nitrogen and oxygen atoms in total. The van der Waals surface area contributed by atoms with E-state index in [1.165, 1.54) is 0 Å². The van der Waals surface area contributed by atoms with Gasteiger partial charge in [0.1, 0.15) is 5.82 Å². The van der Waals surface area contributed by atoms with Crippen LogP contribution in [0, 0.1) is 0 Å². The molecule has 0 saturated carbocycles. The fourth-order valence-electron chi connectivity index (χ4n) is 0.707. The average molecular weight is 188 g/mol. The first kappa shape index (κ1) is 9.06. The summed E-state index contributed by atoms with van der Waals surface area (Å²) >= 11 is 5.48. The Hall–Kier alpha value is -1.03. The molecule has 12 heavy (non-hydrogen) atoms. The van der Waals surface area contributed by atoms with Gasteiger partial charge in [0.15, 0.2) is 0 Å². The molecular weight excluding hydrogens is 178 g/mol. The first-order chi connectivity index (χ1) is 5.86. The van der Waals surface area contributed by atoms with Crippen LogP contribution in [0.1, 0.15) is 0 Å². The number of rotatable bonds is 4. The lowest BCUT2D eigenvalue weighted by molar-refractivity contribution is 0.396. The second kappa shape index (κ2) is 4.77. The lowest BCUT2D eigenvalue weighted by Gasteiger charge is -2.03. The molecule has 1 rings (SSSR count). The van der Waals surface area contributed by atoms with E-state index >= 15 is 0 Å². The monoisotopic (exact) mass is 187 g/mol. The second-order valence-corrected chi connectivity index (χ2v) is 2.44. The van der Waals surface area contributed by atoms with Crippen LogP contribution < -0.4 is 10.1 Å². The highest BCUT2D eigenvalue weighted by atomic mass is 35.5. The van der Waals surface area contributed by atoms with Crippen LogP contribution in [-0.4, -0.2) is 29.5 Å². The van der Waals surface area contributed by atoms with Gasteiger partial charge in [-0.25, -0.2) is 0 Å². The molecule has 5 heteroatoms. The molecule has 0 aromatic carbocycles. The van der Waals surface area contributed by atoms with Gasteiger partial charge in [0.2, 0.25) is 5.88 Å². The van der Waals surface area contributed by atoms with Crippen molar-refractivity contribution in [1.82, 2.24) is 9.97 Å². The predicted molar refractivity (Wildman–Crippen MR) is 47.8 cm³/mol. The summed E-state index contributed by atoms with van der Waals surface area (Å²) < 4.78 is 4.89. The number of nitrogens with zero attached hydrogens (tertiary/aromatic N) is 2. The second-order valence-electron chi connectivity index (χ2n) is 2.06. The van der Waals surface area contributed by atoms with Crippen LogP contribution in [0.15, 0.2) is 12.4 Å². The Bertz CT molecular complexity index is 244. The van der Waals surface area contributed by atoms with Gasteiger partial charge in [0.05, 0.1) is 19.5 Å². The number of methoxy groups -OCH3 is 1. The summed E-state index contributed by atoms with van der Waals surface area (Å²) in [5, 5.41) is 2.98. The smallest absolute Gasteiger partial charge is 0.233 e. The van der Waals surface area contributed by atoms with Crippen LogP contribution in [0.5, 0.6) is 5.88 Å². The summed E-state index contributed by atoms with van der Waals surface area (Å²) in [6, 6.07) is 0. The van der Waals surface area contributed by atoms with Crippen LogP contribution in [0.25, 0.3) is 0 Å². The van der Waals surface area contributed by atoms with Crippen molar-refractivity contribution in [3.63, 3.8) is 0 Å². The number of anilines is 1. The van der Waals surface area contributed by atoms with Crippen molar-refractivity contribution in [3.8, 4) is 5.88 Å². The molecule has 0 amide bonds. The zero-order chi connectivity index (χ0) is 8.81. The van der Waals surface area contributed by atoms with E-state index in [0.29, 0.717) is 24.1 Å². The maximum atomic E-state index is 5.48. The minimum absolute atomic E-state index is 0.495. The van der Waals surface area contributed by atoms with Crippen LogP contribution in [0.3, 0.4) is 0 Å². The van der Waals surface area contributed by atoms with E-state index in [4.69, 9.17) is 16.3 Å². The van der Waals surface area contributed by atoms with Gasteiger partial charge in [-0.05, 0) is 0 Å². The van der Waals surface area contributed by atoms with Crippen molar-refractivity contribution in [2.75, 3.05) is 24.9 Å². The van der Waals surface area contributed by atoms with E-state index in [1.54, 1.807) is 19.5 Å². The summed E-state index contributed by atoms with van der Waals surface area (Å²) in [6.45, 7) is 0.670. The molecule has 1 aromatic rings. The maximum Gasteiger partial charge on any atom is 0.233 e. The lowest BCUT2D eigenvalue weighted by Crippen LogP contribution is -2.05. The lowest BCUT2D eigenvalue weighted by atomic mass is 10.6. The Labute approximate surface area is 75.9 Å². The fourth-order valence-corrected chi connectivity index (χ4v) is 0.801. The van der Waals surface area contributed by atoms with E-state index in [1.807, 2.05) is 0 Å². The molecule has 0 atom stereocenters. The van der Waals surface area contributed by atoms with Crippen LogP contribution in [0.2, 0.25) is 0 Å². The normalized spacial score (nSPS) is 9.50. The molecule has 0 radical (unpaired) electrons. The number of nitrogens with one attached hydrogen (secondary N) is 1. The molecule has 1 aromatic heterocycles. The summed E-state index contributed by atoms with van der Waals surface area (Å²) in [5.74, 6) is 1.71. The van der Waals surface area contributed by atoms with Gasteiger partial charge in [-0.15, -0.1) is 11.6 Å². The van der Waals surface area contributed by atoms with Crippen molar-refractivity contribution in [2.45, 2.75) is 0 Å². The van der Waals surface area contributed by atoms with Gasteiger partial charge in [0.25, 0.3) is 0 Å². The third kappa shape index (κ3) is 2.54. The average Bonchev–Trinajstić information content (AvgIpc) is 2.15. The van der Waals surface area contributed by atoms with Crippen LogP contribution in [0.4, 0.5) is 5.82 Å². The first-order valence-corrected chi connectivity index (χ1v) is 4.06. The van der Waals surface area contributed by atoms with Gasteiger partial charge in [-0.2, -0.15) is 4.98 Å². The van der Waals surface area contributed by atoms with Gasteiger partial charge in [0, 0.05) is 12.4 Å². The highest BCUT2D eigenvalue weighted by Crippen LogP contribution is 2.07. The largest absolute Gasteiger partial charge is 0.480 e. The Kier molecular flexibility index (Phi) is 3.60. The van der Waals surface area contributed by atoms with Gasteiger partial charge in [-0.3, -0.25) is 4.98 Å². The molecular formula is C7H10ClN3O. The maximum absolute atomic E-state index is 5.48. The molecule has 0 fully saturated rings.